The van der Waals surface area contributed by atoms with Gasteiger partial charge in [-0.3, -0.25) is 0 Å². The number of carbonyl (C=O) groups excluding carboxylic acids is 1. The van der Waals surface area contributed by atoms with E-state index >= 15 is 0 Å². The highest BCUT2D eigenvalue weighted by Crippen LogP contribution is 2.40. The Morgan fingerprint density at radius 2 is 1.71 bits per heavy atom. The molecule has 0 aromatic heterocycles. The molecule has 2 nitrogen and oxygen atoms in total. The maximum atomic E-state index is 12.1. The molecule has 1 aromatic rings. The van der Waals surface area contributed by atoms with Crippen LogP contribution in [-0.4, -0.2) is 14.3 Å². The summed E-state index contributed by atoms with van der Waals surface area (Å²) in [6, 6.07) is 8.82. The summed E-state index contributed by atoms with van der Waals surface area (Å²) in [5, 5.41) is 0. The van der Waals surface area contributed by atoms with Gasteiger partial charge in [0.1, 0.15) is 0 Å². The molecule has 3 heteroatoms. The molecule has 0 radical (unpaired) electrons. The summed E-state index contributed by atoms with van der Waals surface area (Å²) in [6.07, 6.45) is 0. The van der Waals surface area contributed by atoms with E-state index in [0.717, 1.165) is 11.6 Å². The molecule has 0 saturated heterocycles. The summed E-state index contributed by atoms with van der Waals surface area (Å²) in [7, 11) is -2.00. The summed E-state index contributed by atoms with van der Waals surface area (Å²) in [6.45, 7) is 8.75. The van der Waals surface area contributed by atoms with E-state index in [4.69, 9.17) is 4.43 Å². The predicted molar refractivity (Wildman–Crippen MR) is 71.5 cm³/mol. The molecule has 17 heavy (non-hydrogen) atoms. The standard InChI is InChI=1S/C14H20O2Si/c1-10(2)17(11(3)4)9-12-7-5-6-8-13(12)14(15)16-17/h5-8,10-11H,9H2,1-4H3. The molecule has 0 amide bonds. The maximum absolute atomic E-state index is 12.1. The van der Waals surface area contributed by atoms with Gasteiger partial charge in [0.2, 0.25) is 0 Å². The van der Waals surface area contributed by atoms with E-state index in [2.05, 4.69) is 33.8 Å². The van der Waals surface area contributed by atoms with Gasteiger partial charge in [-0.15, -0.1) is 0 Å². The Kier molecular flexibility index (Phi) is 3.12. The van der Waals surface area contributed by atoms with Gasteiger partial charge in [0.05, 0.1) is 5.56 Å². The van der Waals surface area contributed by atoms with Crippen LogP contribution in [0.2, 0.25) is 11.1 Å². The van der Waals surface area contributed by atoms with E-state index in [1.54, 1.807) is 0 Å². The molecule has 1 aliphatic heterocycles. The molecular weight excluding hydrogens is 228 g/mol. The van der Waals surface area contributed by atoms with E-state index in [0.29, 0.717) is 11.1 Å². The van der Waals surface area contributed by atoms with Gasteiger partial charge in [0.15, 0.2) is 0 Å². The highest BCUT2D eigenvalue weighted by molar-refractivity contribution is 6.78. The Morgan fingerprint density at radius 3 is 2.29 bits per heavy atom. The van der Waals surface area contributed by atoms with Crippen LogP contribution >= 0.6 is 0 Å². The highest BCUT2D eigenvalue weighted by atomic mass is 28.4. The molecular formula is C14H20O2Si. The van der Waals surface area contributed by atoms with Crippen LogP contribution in [0.5, 0.6) is 0 Å². The molecule has 0 N–H and O–H groups in total. The second-order valence-corrected chi connectivity index (χ2v) is 10.3. The molecule has 0 fully saturated rings. The van der Waals surface area contributed by atoms with Gasteiger partial charge in [-0.25, -0.2) is 4.79 Å². The average Bonchev–Trinajstić information content (AvgIpc) is 2.28. The number of fused-ring (bicyclic) bond motifs is 1. The van der Waals surface area contributed by atoms with Crippen LogP contribution < -0.4 is 0 Å². The van der Waals surface area contributed by atoms with Crippen molar-refractivity contribution in [2.75, 3.05) is 0 Å². The second kappa shape index (κ2) is 4.30. The van der Waals surface area contributed by atoms with E-state index < -0.39 is 8.32 Å². The second-order valence-electron chi connectivity index (χ2n) is 5.49. The summed E-state index contributed by atoms with van der Waals surface area (Å²) in [5.74, 6) is -0.110. The van der Waals surface area contributed by atoms with E-state index in [-0.39, 0.29) is 5.97 Å². The van der Waals surface area contributed by atoms with Crippen molar-refractivity contribution in [1.82, 2.24) is 0 Å². The van der Waals surface area contributed by atoms with Gasteiger partial charge >= 0.3 is 5.97 Å². The Labute approximate surface area is 104 Å². The Morgan fingerprint density at radius 1 is 1.12 bits per heavy atom. The molecule has 1 aliphatic rings. The van der Waals surface area contributed by atoms with Crippen molar-refractivity contribution in [2.24, 2.45) is 0 Å². The van der Waals surface area contributed by atoms with Crippen LogP contribution in [-0.2, 0) is 10.5 Å². The van der Waals surface area contributed by atoms with Gasteiger partial charge in [0.25, 0.3) is 8.32 Å². The Hall–Kier alpha value is -1.09. The SMILES string of the molecule is CC(C)[Si]1(C(C)C)Cc2ccccc2C(=O)O1. The van der Waals surface area contributed by atoms with Gasteiger partial charge < -0.3 is 4.43 Å². The zero-order valence-corrected chi connectivity index (χ0v) is 12.0. The van der Waals surface area contributed by atoms with Gasteiger partial charge in [0, 0.05) is 6.04 Å². The summed E-state index contributed by atoms with van der Waals surface area (Å²) in [4.78, 5) is 12.1. The predicted octanol–water partition coefficient (Wildman–Crippen LogP) is 3.70. The van der Waals surface area contributed by atoms with Gasteiger partial charge in [-0.2, -0.15) is 0 Å². The third-order valence-electron chi connectivity index (χ3n) is 3.94. The molecule has 0 aliphatic carbocycles. The number of rotatable bonds is 2. The minimum Gasteiger partial charge on any atom is -0.515 e. The molecule has 2 rings (SSSR count). The third kappa shape index (κ3) is 1.93. The molecule has 0 unspecified atom stereocenters. The molecule has 1 aromatic carbocycles. The number of hydrogen-bond acceptors (Lipinski definition) is 2. The lowest BCUT2D eigenvalue weighted by Gasteiger charge is -2.41. The highest BCUT2D eigenvalue weighted by Gasteiger charge is 2.48. The van der Waals surface area contributed by atoms with Crippen molar-refractivity contribution >= 4 is 14.3 Å². The topological polar surface area (TPSA) is 26.3 Å². The van der Waals surface area contributed by atoms with Gasteiger partial charge in [-0.1, -0.05) is 45.9 Å². The third-order valence-corrected chi connectivity index (χ3v) is 9.35. The van der Waals surface area contributed by atoms with Crippen LogP contribution in [0.25, 0.3) is 0 Å². The molecule has 0 bridgehead atoms. The van der Waals surface area contributed by atoms with Crippen LogP contribution in [0.15, 0.2) is 24.3 Å². The average molecular weight is 248 g/mol. The van der Waals surface area contributed by atoms with Crippen molar-refractivity contribution in [3.05, 3.63) is 35.4 Å². The van der Waals surface area contributed by atoms with Crippen molar-refractivity contribution in [2.45, 2.75) is 44.8 Å². The Bertz CT molecular complexity index is 430. The first-order chi connectivity index (χ1) is 7.97. The van der Waals surface area contributed by atoms with Crippen molar-refractivity contribution in [1.29, 1.82) is 0 Å². The quantitative estimate of drug-likeness (QED) is 0.746. The lowest BCUT2D eigenvalue weighted by Crippen LogP contribution is -2.51. The minimum atomic E-state index is -2.00. The van der Waals surface area contributed by atoms with Crippen molar-refractivity contribution < 1.29 is 9.22 Å². The number of carbonyl (C=O) groups is 1. The normalized spacial score (nSPS) is 18.1. The lowest BCUT2D eigenvalue weighted by molar-refractivity contribution is 0.0697. The van der Waals surface area contributed by atoms with E-state index in [9.17, 15) is 4.79 Å². The maximum Gasteiger partial charge on any atom is 0.325 e. The zero-order valence-electron chi connectivity index (χ0n) is 11.0. The fourth-order valence-electron chi connectivity index (χ4n) is 2.75. The fraction of sp³-hybridized carbons (Fsp3) is 0.500. The van der Waals surface area contributed by atoms with Crippen LogP contribution in [0.1, 0.15) is 43.6 Å². The first-order valence-electron chi connectivity index (χ1n) is 6.28. The minimum absolute atomic E-state index is 0.110. The van der Waals surface area contributed by atoms with Crippen LogP contribution in [0.3, 0.4) is 0 Å². The molecule has 0 atom stereocenters. The first-order valence-corrected chi connectivity index (χ1v) is 8.55. The molecule has 0 spiro atoms. The largest absolute Gasteiger partial charge is 0.515 e. The molecule has 92 valence electrons. The lowest BCUT2D eigenvalue weighted by atomic mass is 10.1. The first kappa shape index (κ1) is 12.4. The van der Waals surface area contributed by atoms with E-state index in [1.807, 2.05) is 18.2 Å². The van der Waals surface area contributed by atoms with Crippen LogP contribution in [0.4, 0.5) is 0 Å². The number of benzene rings is 1. The summed E-state index contributed by atoms with van der Waals surface area (Å²) >= 11 is 0. The van der Waals surface area contributed by atoms with Gasteiger partial charge in [-0.05, 0) is 22.7 Å². The fourth-order valence-corrected chi connectivity index (χ4v) is 6.80. The smallest absolute Gasteiger partial charge is 0.325 e. The summed E-state index contributed by atoms with van der Waals surface area (Å²) < 4.78 is 5.92. The Balaban J connectivity index is 2.48. The number of hydrogen-bond donors (Lipinski definition) is 0. The van der Waals surface area contributed by atoms with Crippen molar-refractivity contribution in [3.8, 4) is 0 Å². The molecule has 0 saturated carbocycles. The van der Waals surface area contributed by atoms with Crippen molar-refractivity contribution in [3.63, 3.8) is 0 Å². The van der Waals surface area contributed by atoms with Crippen LogP contribution in [0, 0.1) is 0 Å². The molecule has 1 heterocycles. The summed E-state index contributed by atoms with van der Waals surface area (Å²) in [5.41, 5.74) is 2.86. The zero-order chi connectivity index (χ0) is 12.6. The monoisotopic (exact) mass is 248 g/mol. The van der Waals surface area contributed by atoms with E-state index in [1.165, 1.54) is 5.56 Å².